The van der Waals surface area contributed by atoms with Crippen molar-refractivity contribution in [3.05, 3.63) is 0 Å². The van der Waals surface area contributed by atoms with Crippen molar-refractivity contribution < 1.29 is 13.2 Å². The summed E-state index contributed by atoms with van der Waals surface area (Å²) < 4.78 is 29.8. The molecule has 5 heteroatoms. The van der Waals surface area contributed by atoms with Gasteiger partial charge in [0.05, 0.1) is 0 Å². The van der Waals surface area contributed by atoms with Crippen molar-refractivity contribution >= 4 is 17.7 Å². The highest BCUT2D eigenvalue weighted by Crippen LogP contribution is 1.69. The molecule has 0 aliphatic rings. The molecule has 3 nitrogen and oxygen atoms in total. The van der Waals surface area contributed by atoms with Crippen LogP contribution in [0.5, 0.6) is 0 Å². The molecule has 0 heterocycles. The third-order valence-corrected chi connectivity index (χ3v) is 0.390. The molecule has 6 heavy (non-hydrogen) atoms. The quantitative estimate of drug-likeness (QED) is 0.386. The Hall–Kier alpha value is -0.290. The molecule has 0 spiro atoms. The van der Waals surface area contributed by atoms with Crippen LogP contribution in [-0.2, 0) is 11.3 Å². The Morgan fingerprint density at radius 2 is 2.50 bits per heavy atom. The Kier molecular flexibility index (Phi) is 2.78. The number of halogens is 1. The van der Waals surface area contributed by atoms with Crippen LogP contribution >= 0.6 is 0 Å². The molecule has 0 aliphatic carbocycles. The first-order chi connectivity index (χ1) is 2.77. The Balaban J connectivity index is 3.30. The summed E-state index contributed by atoms with van der Waals surface area (Å²) in [7, 11) is 0. The van der Waals surface area contributed by atoms with E-state index in [9.17, 15) is 8.60 Å². The third-order valence-electron chi connectivity index (χ3n) is 0.130. The summed E-state index contributed by atoms with van der Waals surface area (Å²) in [6.45, 7) is -0.226. The number of nitrogens with zero attached hydrogens (tertiary/aromatic N) is 1. The summed E-state index contributed by atoms with van der Waals surface area (Å²) in [4.78, 5) is 0. The standard InChI is InChI=1S/CH2FNO2S/c2-1-3-6(4)5/h1H,(H,4,5). The van der Waals surface area contributed by atoms with Crippen LogP contribution in [0.15, 0.2) is 4.40 Å². The van der Waals surface area contributed by atoms with E-state index in [1.165, 1.54) is 0 Å². The normalized spacial score (nSPS) is 15.7. The van der Waals surface area contributed by atoms with Gasteiger partial charge < -0.3 is 0 Å². The summed E-state index contributed by atoms with van der Waals surface area (Å²) in [6.07, 6.45) is 0. The molecule has 0 saturated heterocycles. The lowest BCUT2D eigenvalue weighted by Crippen LogP contribution is -1.74. The molecule has 1 atom stereocenters. The minimum Gasteiger partial charge on any atom is -0.288 e. The van der Waals surface area contributed by atoms with Crippen LogP contribution < -0.4 is 0 Å². The second kappa shape index (κ2) is 2.92. The first-order valence-corrected chi connectivity index (χ1v) is 2.07. The van der Waals surface area contributed by atoms with Gasteiger partial charge in [0.1, 0.15) is 0 Å². The molecule has 0 saturated carbocycles. The maximum Gasteiger partial charge on any atom is 0.284 e. The Morgan fingerprint density at radius 3 is 2.50 bits per heavy atom. The molecule has 0 bridgehead atoms. The van der Waals surface area contributed by atoms with Crippen molar-refractivity contribution in [1.82, 2.24) is 0 Å². The second-order valence-corrected chi connectivity index (χ2v) is 1.11. The average Bonchev–Trinajstić information content (AvgIpc) is 1.35. The van der Waals surface area contributed by atoms with Crippen molar-refractivity contribution in [2.75, 3.05) is 0 Å². The van der Waals surface area contributed by atoms with E-state index in [1.54, 1.807) is 0 Å². The molecule has 0 aromatic carbocycles. The van der Waals surface area contributed by atoms with E-state index in [2.05, 4.69) is 4.40 Å². The Labute approximate surface area is 36.3 Å². The average molecular weight is 111 g/mol. The SMILES string of the molecule is O=S(O)N=CF. The molecule has 0 amide bonds. The molecule has 1 unspecified atom stereocenters. The molecule has 0 aliphatic heterocycles. The number of hydrogen-bond donors (Lipinski definition) is 1. The predicted molar refractivity (Wildman–Crippen MR) is 20.4 cm³/mol. The predicted octanol–water partition coefficient (Wildman–Crippen LogP) is 0.121. The van der Waals surface area contributed by atoms with Crippen molar-refractivity contribution in [2.45, 2.75) is 0 Å². The third kappa shape index (κ3) is 3.71. The molecular weight excluding hydrogens is 109 g/mol. The van der Waals surface area contributed by atoms with Gasteiger partial charge in [0.2, 0.25) is 0 Å². The van der Waals surface area contributed by atoms with Crippen molar-refractivity contribution in [2.24, 2.45) is 4.40 Å². The molecule has 36 valence electrons. The zero-order valence-corrected chi connectivity index (χ0v) is 3.48. The van der Waals surface area contributed by atoms with Crippen molar-refractivity contribution in [3.8, 4) is 0 Å². The van der Waals surface area contributed by atoms with E-state index in [0.717, 1.165) is 0 Å². The monoisotopic (exact) mass is 111 g/mol. The molecule has 0 aromatic heterocycles. The summed E-state index contributed by atoms with van der Waals surface area (Å²) in [6, 6.07) is 0. The molecule has 1 N–H and O–H groups in total. The molecule has 0 rings (SSSR count). The lowest BCUT2D eigenvalue weighted by atomic mass is 11.7. The largest absolute Gasteiger partial charge is 0.288 e. The van der Waals surface area contributed by atoms with Gasteiger partial charge in [0, 0.05) is 0 Å². The van der Waals surface area contributed by atoms with E-state index in [4.69, 9.17) is 4.55 Å². The van der Waals surface area contributed by atoms with Gasteiger partial charge in [0.15, 0.2) is 6.47 Å². The summed E-state index contributed by atoms with van der Waals surface area (Å²) >= 11 is -2.37. The van der Waals surface area contributed by atoms with Crippen LogP contribution in [0, 0.1) is 0 Å². The zero-order valence-electron chi connectivity index (χ0n) is 2.67. The summed E-state index contributed by atoms with van der Waals surface area (Å²) in [5.41, 5.74) is 0. The Bertz CT molecular complexity index is 81.6. The zero-order chi connectivity index (χ0) is 4.99. The minimum atomic E-state index is -2.37. The van der Waals surface area contributed by atoms with Gasteiger partial charge in [-0.25, -0.2) is 4.21 Å². The van der Waals surface area contributed by atoms with Crippen LogP contribution in [0.4, 0.5) is 4.39 Å². The van der Waals surface area contributed by atoms with E-state index >= 15 is 0 Å². The van der Waals surface area contributed by atoms with Gasteiger partial charge >= 0.3 is 0 Å². The first kappa shape index (κ1) is 5.71. The topological polar surface area (TPSA) is 49.7 Å². The van der Waals surface area contributed by atoms with Crippen molar-refractivity contribution in [1.29, 1.82) is 0 Å². The highest BCUT2D eigenvalue weighted by atomic mass is 32.2. The van der Waals surface area contributed by atoms with Crippen LogP contribution in [0.2, 0.25) is 0 Å². The first-order valence-electron chi connectivity index (χ1n) is 1.01. The highest BCUT2D eigenvalue weighted by molar-refractivity contribution is 7.77. The van der Waals surface area contributed by atoms with Crippen LogP contribution in [-0.4, -0.2) is 15.2 Å². The fraction of sp³-hybridized carbons (Fsp3) is 0. The van der Waals surface area contributed by atoms with Gasteiger partial charge in [-0.2, -0.15) is 4.39 Å². The minimum absolute atomic E-state index is 0.226. The number of hydrogen-bond acceptors (Lipinski definition) is 1. The second-order valence-electron chi connectivity index (χ2n) is 0.434. The Morgan fingerprint density at radius 1 is 2.00 bits per heavy atom. The summed E-state index contributed by atoms with van der Waals surface area (Å²) in [5.74, 6) is 0. The van der Waals surface area contributed by atoms with Gasteiger partial charge in [0.25, 0.3) is 11.3 Å². The van der Waals surface area contributed by atoms with E-state index in [-0.39, 0.29) is 6.47 Å². The molecule has 0 aromatic rings. The molecular formula is CH2FNO2S. The van der Waals surface area contributed by atoms with Crippen LogP contribution in [0.25, 0.3) is 0 Å². The number of rotatable bonds is 1. The fourth-order valence-electron chi connectivity index (χ4n) is 0.0341. The highest BCUT2D eigenvalue weighted by Gasteiger charge is 1.75. The van der Waals surface area contributed by atoms with Gasteiger partial charge in [-0.05, 0) is 0 Å². The van der Waals surface area contributed by atoms with Crippen molar-refractivity contribution in [3.63, 3.8) is 0 Å². The molecule has 0 radical (unpaired) electrons. The molecule has 0 fully saturated rings. The maximum absolute atomic E-state index is 10.6. The lowest BCUT2D eigenvalue weighted by Gasteiger charge is -1.67. The summed E-state index contributed by atoms with van der Waals surface area (Å²) in [5, 5.41) is 0. The van der Waals surface area contributed by atoms with Gasteiger partial charge in [-0.15, -0.1) is 4.40 Å². The van der Waals surface area contributed by atoms with E-state index in [1.807, 2.05) is 0 Å². The van der Waals surface area contributed by atoms with E-state index < -0.39 is 11.3 Å². The van der Waals surface area contributed by atoms with Crippen LogP contribution in [0.3, 0.4) is 0 Å². The van der Waals surface area contributed by atoms with Gasteiger partial charge in [-0.3, -0.25) is 4.55 Å². The smallest absolute Gasteiger partial charge is 0.284 e. The maximum atomic E-state index is 10.6. The van der Waals surface area contributed by atoms with E-state index in [0.29, 0.717) is 0 Å². The van der Waals surface area contributed by atoms with Gasteiger partial charge in [-0.1, -0.05) is 0 Å². The fourth-order valence-corrected chi connectivity index (χ4v) is 0.102. The van der Waals surface area contributed by atoms with Crippen LogP contribution in [0.1, 0.15) is 0 Å². The lowest BCUT2D eigenvalue weighted by molar-refractivity contribution is 0.566.